The molecule has 1 heterocycles. The zero-order valence-corrected chi connectivity index (χ0v) is 12.6. The largest absolute Gasteiger partial charge is 0.466 e. The van der Waals surface area contributed by atoms with Gasteiger partial charge in [0.1, 0.15) is 0 Å². The molecule has 1 aliphatic heterocycles. The fourth-order valence-corrected chi connectivity index (χ4v) is 1.89. The monoisotopic (exact) mass is 288 g/mol. The first-order valence-electron chi connectivity index (χ1n) is 6.97. The molecule has 0 aromatic rings. The lowest BCUT2D eigenvalue weighted by Crippen LogP contribution is -2.37. The Bertz CT molecular complexity index is 322. The maximum absolute atomic E-state index is 11.9. The second kappa shape index (κ2) is 8.21. The Balaban J connectivity index is 2.40. The average Bonchev–Trinajstić information content (AvgIpc) is 2.93. The number of esters is 2. The minimum Gasteiger partial charge on any atom is -0.466 e. The molecule has 20 heavy (non-hydrogen) atoms. The third kappa shape index (κ3) is 5.09. The van der Waals surface area contributed by atoms with Crippen molar-refractivity contribution in [2.24, 2.45) is 5.92 Å². The van der Waals surface area contributed by atoms with Crippen molar-refractivity contribution < 1.29 is 28.5 Å². The minimum absolute atomic E-state index is 0.0479. The van der Waals surface area contributed by atoms with Crippen LogP contribution in [0.15, 0.2) is 0 Å². The second-order valence-corrected chi connectivity index (χ2v) is 5.24. The number of methoxy groups -OCH3 is 1. The molecule has 0 aromatic heterocycles. The summed E-state index contributed by atoms with van der Waals surface area (Å²) in [5.74, 6) is -1.27. The molecule has 1 saturated heterocycles. The van der Waals surface area contributed by atoms with Crippen molar-refractivity contribution in [3.63, 3.8) is 0 Å². The van der Waals surface area contributed by atoms with E-state index in [1.54, 1.807) is 20.8 Å². The van der Waals surface area contributed by atoms with Crippen molar-refractivity contribution in [3.05, 3.63) is 0 Å². The van der Waals surface area contributed by atoms with Crippen LogP contribution in [-0.2, 0) is 28.5 Å². The lowest BCUT2D eigenvalue weighted by atomic mass is 10.1. The molecule has 6 heteroatoms. The van der Waals surface area contributed by atoms with Gasteiger partial charge in [0.05, 0.1) is 19.8 Å². The Morgan fingerprint density at radius 1 is 1.25 bits per heavy atom. The van der Waals surface area contributed by atoms with Gasteiger partial charge in [0.25, 0.3) is 0 Å². The quantitative estimate of drug-likeness (QED) is 0.658. The van der Waals surface area contributed by atoms with E-state index in [0.717, 1.165) is 19.4 Å². The van der Waals surface area contributed by atoms with E-state index in [4.69, 9.17) is 14.2 Å². The van der Waals surface area contributed by atoms with Crippen LogP contribution in [0.5, 0.6) is 0 Å². The molecule has 1 rings (SSSR count). The summed E-state index contributed by atoms with van der Waals surface area (Å²) < 4.78 is 20.6. The molecule has 1 aliphatic rings. The van der Waals surface area contributed by atoms with Crippen LogP contribution in [0.4, 0.5) is 0 Å². The average molecular weight is 288 g/mol. The first kappa shape index (κ1) is 16.9. The highest BCUT2D eigenvalue weighted by Crippen LogP contribution is 2.14. The predicted octanol–water partition coefficient (Wildman–Crippen LogP) is 1.31. The van der Waals surface area contributed by atoms with E-state index >= 15 is 0 Å². The van der Waals surface area contributed by atoms with Crippen LogP contribution in [0.1, 0.15) is 33.6 Å². The van der Waals surface area contributed by atoms with E-state index in [2.05, 4.69) is 4.74 Å². The maximum Gasteiger partial charge on any atom is 0.347 e. The summed E-state index contributed by atoms with van der Waals surface area (Å²) in [5, 5.41) is 0. The maximum atomic E-state index is 11.9. The van der Waals surface area contributed by atoms with Gasteiger partial charge in [-0.15, -0.1) is 0 Å². The fraction of sp³-hybridized carbons (Fsp3) is 0.857. The van der Waals surface area contributed by atoms with Gasteiger partial charge in [-0.25, -0.2) is 9.59 Å². The number of rotatable bonds is 7. The van der Waals surface area contributed by atoms with Gasteiger partial charge in [0.2, 0.25) is 6.10 Å². The van der Waals surface area contributed by atoms with Gasteiger partial charge < -0.3 is 18.9 Å². The first-order valence-corrected chi connectivity index (χ1v) is 6.97. The van der Waals surface area contributed by atoms with E-state index in [1.807, 2.05) is 0 Å². The summed E-state index contributed by atoms with van der Waals surface area (Å²) in [7, 11) is 1.27. The molecule has 116 valence electrons. The van der Waals surface area contributed by atoms with Crippen molar-refractivity contribution >= 4 is 11.9 Å². The van der Waals surface area contributed by atoms with Crippen molar-refractivity contribution in [3.8, 4) is 0 Å². The molecule has 0 aromatic carbocycles. The molecule has 3 atom stereocenters. The highest BCUT2D eigenvalue weighted by atomic mass is 16.6. The van der Waals surface area contributed by atoms with E-state index in [0.29, 0.717) is 6.61 Å². The molecule has 0 spiro atoms. The lowest BCUT2D eigenvalue weighted by Gasteiger charge is -2.21. The van der Waals surface area contributed by atoms with E-state index < -0.39 is 24.1 Å². The van der Waals surface area contributed by atoms with Gasteiger partial charge >= 0.3 is 11.9 Å². The van der Waals surface area contributed by atoms with Crippen molar-refractivity contribution in [1.29, 1.82) is 0 Å². The highest BCUT2D eigenvalue weighted by molar-refractivity contribution is 5.81. The molecule has 3 unspecified atom stereocenters. The Kier molecular flexibility index (Phi) is 6.95. The molecule has 0 radical (unpaired) electrons. The Morgan fingerprint density at radius 3 is 2.45 bits per heavy atom. The molecule has 0 aliphatic carbocycles. The van der Waals surface area contributed by atoms with Crippen LogP contribution < -0.4 is 0 Å². The number of ether oxygens (including phenoxy) is 4. The number of hydrogen-bond acceptors (Lipinski definition) is 6. The SMILES string of the molecule is COC(=O)C(OC(=O)C(C)OCC1CCCO1)C(C)C. The third-order valence-corrected chi connectivity index (χ3v) is 3.17. The lowest BCUT2D eigenvalue weighted by molar-refractivity contribution is -0.177. The molecule has 0 bridgehead atoms. The first-order chi connectivity index (χ1) is 9.45. The van der Waals surface area contributed by atoms with Crippen LogP contribution in [0.3, 0.4) is 0 Å². The van der Waals surface area contributed by atoms with Crippen molar-refractivity contribution in [2.75, 3.05) is 20.3 Å². The molecule has 0 N–H and O–H groups in total. The molecular weight excluding hydrogens is 264 g/mol. The second-order valence-electron chi connectivity index (χ2n) is 5.24. The summed E-state index contributed by atoms with van der Waals surface area (Å²) in [5.41, 5.74) is 0. The van der Waals surface area contributed by atoms with E-state index in [-0.39, 0.29) is 12.0 Å². The minimum atomic E-state index is -0.902. The van der Waals surface area contributed by atoms with Crippen LogP contribution in [0.2, 0.25) is 0 Å². The summed E-state index contributed by atoms with van der Waals surface area (Å²) in [6.45, 7) is 6.27. The molecule has 0 saturated carbocycles. The van der Waals surface area contributed by atoms with Crippen LogP contribution >= 0.6 is 0 Å². The molecule has 1 fully saturated rings. The fourth-order valence-electron chi connectivity index (χ4n) is 1.89. The Labute approximate surface area is 119 Å². The van der Waals surface area contributed by atoms with Gasteiger partial charge in [-0.2, -0.15) is 0 Å². The summed E-state index contributed by atoms with van der Waals surface area (Å²) >= 11 is 0. The third-order valence-electron chi connectivity index (χ3n) is 3.17. The van der Waals surface area contributed by atoms with Crippen molar-refractivity contribution in [2.45, 2.75) is 51.9 Å². The number of hydrogen-bond donors (Lipinski definition) is 0. The van der Waals surface area contributed by atoms with E-state index in [9.17, 15) is 9.59 Å². The van der Waals surface area contributed by atoms with Crippen LogP contribution in [0.25, 0.3) is 0 Å². The summed E-state index contributed by atoms with van der Waals surface area (Å²) in [6.07, 6.45) is 0.376. The molecule has 6 nitrogen and oxygen atoms in total. The number of carbonyl (C=O) groups excluding carboxylic acids is 2. The summed E-state index contributed by atoms with van der Waals surface area (Å²) in [6, 6.07) is 0. The zero-order valence-electron chi connectivity index (χ0n) is 12.6. The normalized spacial score (nSPS) is 21.6. The van der Waals surface area contributed by atoms with Crippen LogP contribution in [-0.4, -0.2) is 50.6 Å². The number of carbonyl (C=O) groups is 2. The van der Waals surface area contributed by atoms with Gasteiger partial charge in [-0.05, 0) is 19.8 Å². The zero-order chi connectivity index (χ0) is 15.1. The van der Waals surface area contributed by atoms with Gasteiger partial charge in [-0.3, -0.25) is 0 Å². The smallest absolute Gasteiger partial charge is 0.347 e. The Hall–Kier alpha value is -1.14. The molecule has 0 amide bonds. The van der Waals surface area contributed by atoms with Gasteiger partial charge in [0, 0.05) is 12.5 Å². The predicted molar refractivity (Wildman–Crippen MR) is 71.1 cm³/mol. The van der Waals surface area contributed by atoms with Crippen molar-refractivity contribution in [1.82, 2.24) is 0 Å². The van der Waals surface area contributed by atoms with Gasteiger partial charge in [-0.1, -0.05) is 13.8 Å². The van der Waals surface area contributed by atoms with E-state index in [1.165, 1.54) is 7.11 Å². The highest BCUT2D eigenvalue weighted by Gasteiger charge is 2.30. The molecular formula is C14H24O6. The Morgan fingerprint density at radius 2 is 1.95 bits per heavy atom. The topological polar surface area (TPSA) is 71.1 Å². The van der Waals surface area contributed by atoms with Gasteiger partial charge in [0.15, 0.2) is 6.10 Å². The summed E-state index contributed by atoms with van der Waals surface area (Å²) in [4.78, 5) is 23.4. The standard InChI is InChI=1S/C14H24O6/c1-9(2)12(14(16)17-4)20-13(15)10(3)19-8-11-6-5-7-18-11/h9-12H,5-8H2,1-4H3. The van der Waals surface area contributed by atoms with Crippen LogP contribution in [0, 0.1) is 5.92 Å².